The van der Waals surface area contributed by atoms with Gasteiger partial charge in [-0.05, 0) is 18.2 Å². The summed E-state index contributed by atoms with van der Waals surface area (Å²) in [5, 5.41) is 2.46. The molecule has 0 aliphatic carbocycles. The van der Waals surface area contributed by atoms with Crippen LogP contribution < -0.4 is 33.8 Å². The fourth-order valence-corrected chi connectivity index (χ4v) is 3.70. The van der Waals surface area contributed by atoms with E-state index in [0.29, 0.717) is 0 Å². The summed E-state index contributed by atoms with van der Waals surface area (Å²) in [6.07, 6.45) is 6.51. The molecule has 3 aromatic carbocycles. The van der Waals surface area contributed by atoms with E-state index in [0.717, 1.165) is 28.2 Å². The third-order valence-corrected chi connectivity index (χ3v) is 5.16. The quantitative estimate of drug-likeness (QED) is 0.465. The summed E-state index contributed by atoms with van der Waals surface area (Å²) in [5.74, 6) is 1.73. The van der Waals surface area contributed by atoms with Gasteiger partial charge in [-0.25, -0.2) is 18.6 Å². The van der Waals surface area contributed by atoms with Crippen molar-refractivity contribution in [3.63, 3.8) is 0 Å². The van der Waals surface area contributed by atoms with Crippen LogP contribution in [0.4, 0.5) is 0 Å². The molecule has 0 saturated heterocycles. The first-order valence-electron chi connectivity index (χ1n) is 10.1. The topological polar surface area (TPSA) is 104 Å². The van der Waals surface area contributed by atoms with Gasteiger partial charge in [0.15, 0.2) is 0 Å². The summed E-state index contributed by atoms with van der Waals surface area (Å²) in [6, 6.07) is 29.0. The molecule has 2 aliphatic heterocycles. The standard InChI is InChI=1S/C26H20NO.ClHO4/c1-27-23-15-9-8-14-21(23)16-24(27)22-17-25(19-10-4-2-5-11-19)28-26(18-22)20-12-6-3-7-13-20;2-1(3,4)5/h2-18H,1H3;(H,2,3,4,5)/q+1;/p-1. The van der Waals surface area contributed by atoms with E-state index in [9.17, 15) is 0 Å². The minimum atomic E-state index is -4.94. The molecule has 6 nitrogen and oxygen atoms in total. The number of fused-ring (bicyclic) bond motifs is 1. The smallest absolute Gasteiger partial charge is 0.213 e. The van der Waals surface area contributed by atoms with Crippen LogP contribution in [-0.4, -0.2) is 7.05 Å². The van der Waals surface area contributed by atoms with Gasteiger partial charge >= 0.3 is 0 Å². The Kier molecular flexibility index (Phi) is 6.55. The second kappa shape index (κ2) is 9.54. The van der Waals surface area contributed by atoms with Gasteiger partial charge in [0.2, 0.25) is 11.1 Å². The van der Waals surface area contributed by atoms with E-state index in [4.69, 9.17) is 23.4 Å². The number of hydrogen-bond acceptors (Lipinski definition) is 5. The van der Waals surface area contributed by atoms with E-state index in [2.05, 4.69) is 78.4 Å². The molecule has 166 valence electrons. The van der Waals surface area contributed by atoms with E-state index < -0.39 is 10.2 Å². The Morgan fingerprint density at radius 2 is 1.09 bits per heavy atom. The second-order valence-electron chi connectivity index (χ2n) is 7.33. The zero-order chi connectivity index (χ0) is 23.4. The molecule has 2 heterocycles. The van der Waals surface area contributed by atoms with Crippen LogP contribution in [0.2, 0.25) is 0 Å². The molecule has 7 heteroatoms. The summed E-state index contributed by atoms with van der Waals surface area (Å²) in [4.78, 5) is 0. The van der Waals surface area contributed by atoms with Gasteiger partial charge in [-0.1, -0.05) is 72.8 Å². The van der Waals surface area contributed by atoms with Crippen LogP contribution in [0.3, 0.4) is 0 Å². The van der Waals surface area contributed by atoms with Crippen molar-refractivity contribution < 1.29 is 33.6 Å². The Hall–Kier alpha value is -3.52. The largest absolute Gasteiger partial charge is 0.456 e. The average Bonchev–Trinajstić information content (AvgIpc) is 3.16. The lowest BCUT2D eigenvalue weighted by atomic mass is 10.0. The van der Waals surface area contributed by atoms with Crippen LogP contribution in [0.25, 0.3) is 17.6 Å². The van der Waals surface area contributed by atoms with Gasteiger partial charge in [0.1, 0.15) is 18.6 Å². The third kappa shape index (κ3) is 5.64. The lowest BCUT2D eigenvalue weighted by Crippen LogP contribution is -2.68. The normalized spacial score (nSPS) is 14.9. The Labute approximate surface area is 193 Å². The van der Waals surface area contributed by atoms with Crippen molar-refractivity contribution in [3.05, 3.63) is 130 Å². The highest BCUT2D eigenvalue weighted by molar-refractivity contribution is 5.79. The molecule has 0 aromatic heterocycles. The molecule has 0 spiro atoms. The molecular formula is C26H20ClNO5. The molecule has 5 rings (SSSR count). The number of rotatable bonds is 2. The zero-order valence-electron chi connectivity index (χ0n) is 17.7. The molecule has 0 fully saturated rings. The fourth-order valence-electron chi connectivity index (χ4n) is 3.70. The summed E-state index contributed by atoms with van der Waals surface area (Å²) >= 11 is 0. The molecule has 0 bridgehead atoms. The summed E-state index contributed by atoms with van der Waals surface area (Å²) in [7, 11) is -2.83. The minimum Gasteiger partial charge on any atom is -0.456 e. The first-order valence-corrected chi connectivity index (χ1v) is 11.3. The predicted octanol–water partition coefficient (Wildman–Crippen LogP) is -0.788. The van der Waals surface area contributed by atoms with Gasteiger partial charge in [0.25, 0.3) is 0 Å². The average molecular weight is 462 g/mol. The maximum absolute atomic E-state index is 8.49. The van der Waals surface area contributed by atoms with E-state index in [1.807, 2.05) is 36.4 Å². The van der Waals surface area contributed by atoms with Gasteiger partial charge in [-0.2, -0.15) is 4.58 Å². The third-order valence-electron chi connectivity index (χ3n) is 5.16. The van der Waals surface area contributed by atoms with Gasteiger partial charge in [0.05, 0.1) is 10.8 Å². The predicted molar refractivity (Wildman–Crippen MR) is 114 cm³/mol. The number of allylic oxidation sites excluding steroid dienone is 4. The lowest BCUT2D eigenvalue weighted by Gasteiger charge is -2.19. The molecule has 0 N–H and O–H groups in total. The van der Waals surface area contributed by atoms with E-state index >= 15 is 0 Å². The van der Waals surface area contributed by atoms with Gasteiger partial charge < -0.3 is 4.74 Å². The number of halogens is 1. The van der Waals surface area contributed by atoms with Crippen LogP contribution in [0.1, 0.15) is 11.1 Å². The Bertz CT molecular complexity index is 1310. The first kappa shape index (κ1) is 22.7. The van der Waals surface area contributed by atoms with E-state index in [1.165, 1.54) is 16.3 Å². The number of para-hydroxylation sites is 1. The molecule has 2 aliphatic rings. The van der Waals surface area contributed by atoms with Crippen molar-refractivity contribution in [2.24, 2.45) is 0 Å². The SMILES string of the molecule is C[N+]1=c2ccccc2=CC1=C1C=C(c2ccccc2)OC(c2ccccc2)=C1.[O-][Cl+3]([O-])([O-])[O-]. The van der Waals surface area contributed by atoms with Crippen molar-refractivity contribution in [2.45, 2.75) is 0 Å². The van der Waals surface area contributed by atoms with Crippen LogP contribution in [0, 0.1) is 10.2 Å². The van der Waals surface area contributed by atoms with Crippen LogP contribution in [0.5, 0.6) is 0 Å². The molecule has 0 atom stereocenters. The van der Waals surface area contributed by atoms with Gasteiger partial charge in [-0.15, -0.1) is 10.2 Å². The van der Waals surface area contributed by atoms with Crippen LogP contribution in [0.15, 0.2) is 108 Å². The maximum Gasteiger partial charge on any atom is 0.213 e. The van der Waals surface area contributed by atoms with Crippen molar-refractivity contribution >= 4 is 17.6 Å². The lowest BCUT2D eigenvalue weighted by molar-refractivity contribution is -2.00. The number of ether oxygens (including phenoxy) is 1. The zero-order valence-corrected chi connectivity index (χ0v) is 18.4. The molecule has 0 unspecified atom stereocenters. The van der Waals surface area contributed by atoms with E-state index in [-0.39, 0.29) is 0 Å². The molecule has 0 saturated carbocycles. The summed E-state index contributed by atoms with van der Waals surface area (Å²) in [6.45, 7) is 0. The van der Waals surface area contributed by atoms with Gasteiger partial charge in [-0.3, -0.25) is 0 Å². The molecule has 0 amide bonds. The number of nitrogens with zero attached hydrogens (tertiary/aromatic N) is 1. The Morgan fingerprint density at radius 1 is 0.636 bits per heavy atom. The maximum atomic E-state index is 8.49. The fraction of sp³-hybridized carbons (Fsp3) is 0.0385. The molecule has 0 radical (unpaired) electrons. The van der Waals surface area contributed by atoms with Gasteiger partial charge in [0, 0.05) is 23.3 Å². The molecular weight excluding hydrogens is 442 g/mol. The van der Waals surface area contributed by atoms with Crippen molar-refractivity contribution in [1.29, 1.82) is 0 Å². The Balaban J connectivity index is 0.000000471. The number of hydrogen-bond donors (Lipinski definition) is 0. The second-order valence-corrected chi connectivity index (χ2v) is 8.09. The summed E-state index contributed by atoms with van der Waals surface area (Å²) < 4.78 is 42.5. The first-order chi connectivity index (χ1) is 15.8. The summed E-state index contributed by atoms with van der Waals surface area (Å²) in [5.41, 5.74) is 4.45. The van der Waals surface area contributed by atoms with E-state index in [1.54, 1.807) is 0 Å². The minimum absolute atomic E-state index is 0.863. The molecule has 33 heavy (non-hydrogen) atoms. The van der Waals surface area contributed by atoms with Crippen LogP contribution in [-0.2, 0) is 4.74 Å². The highest BCUT2D eigenvalue weighted by atomic mass is 35.7. The highest BCUT2D eigenvalue weighted by Gasteiger charge is 2.23. The van der Waals surface area contributed by atoms with Crippen molar-refractivity contribution in [3.8, 4) is 0 Å². The monoisotopic (exact) mass is 461 g/mol. The van der Waals surface area contributed by atoms with Crippen LogP contribution >= 0.6 is 0 Å². The molecule has 3 aromatic rings. The number of benzene rings is 3. The van der Waals surface area contributed by atoms with Crippen molar-refractivity contribution in [2.75, 3.05) is 7.05 Å². The Morgan fingerprint density at radius 3 is 1.58 bits per heavy atom. The van der Waals surface area contributed by atoms with Crippen molar-refractivity contribution in [1.82, 2.24) is 4.58 Å². The highest BCUT2D eigenvalue weighted by Crippen LogP contribution is 2.33.